The lowest BCUT2D eigenvalue weighted by molar-refractivity contribution is 0.230. The van der Waals surface area contributed by atoms with E-state index >= 15 is 0 Å². The molecule has 0 aromatic carbocycles. The summed E-state index contributed by atoms with van der Waals surface area (Å²) in [5, 5.41) is 0. The average molecular weight is 224 g/mol. The van der Waals surface area contributed by atoms with E-state index in [4.69, 9.17) is 10.6 Å². The van der Waals surface area contributed by atoms with Gasteiger partial charge in [-0.25, -0.2) is 10.8 Å². The number of nitrogens with two attached hydrogens (primary N) is 1. The summed E-state index contributed by atoms with van der Waals surface area (Å²) in [6, 6.07) is 0. The summed E-state index contributed by atoms with van der Waals surface area (Å²) in [6.45, 7) is 7.91. The number of aromatic nitrogens is 2. The number of hydrogen-bond acceptors (Lipinski definition) is 5. The largest absolute Gasteiger partial charge is 0.475 e. The molecule has 3 N–H and O–H groups in total. The first-order valence-corrected chi connectivity index (χ1v) is 5.59. The first-order chi connectivity index (χ1) is 7.58. The molecule has 0 unspecified atom stereocenters. The van der Waals surface area contributed by atoms with E-state index < -0.39 is 0 Å². The molecule has 0 aliphatic carbocycles. The predicted octanol–water partition coefficient (Wildman–Crippen LogP) is 1.81. The van der Waals surface area contributed by atoms with Crippen molar-refractivity contribution in [2.45, 2.75) is 46.6 Å². The minimum atomic E-state index is 0.0914. The summed E-state index contributed by atoms with van der Waals surface area (Å²) in [5.41, 5.74) is 3.42. The number of rotatable bonds is 5. The number of hydrazine groups is 1. The van der Waals surface area contributed by atoms with Crippen molar-refractivity contribution in [2.24, 2.45) is 5.84 Å². The first-order valence-electron chi connectivity index (χ1n) is 5.59. The van der Waals surface area contributed by atoms with Crippen LogP contribution in [0.2, 0.25) is 0 Å². The Morgan fingerprint density at radius 3 is 2.56 bits per heavy atom. The van der Waals surface area contributed by atoms with Gasteiger partial charge in [0.25, 0.3) is 0 Å². The Balaban J connectivity index is 3.08. The number of ether oxygens (including phenoxy) is 1. The maximum absolute atomic E-state index is 5.63. The maximum atomic E-state index is 5.63. The highest BCUT2D eigenvalue weighted by Crippen LogP contribution is 2.22. The molecule has 1 heterocycles. The van der Waals surface area contributed by atoms with Crippen LogP contribution in [0.25, 0.3) is 0 Å². The third-order valence-electron chi connectivity index (χ3n) is 2.11. The van der Waals surface area contributed by atoms with Gasteiger partial charge >= 0.3 is 0 Å². The number of nitrogens with one attached hydrogen (secondary N) is 1. The van der Waals surface area contributed by atoms with Crippen LogP contribution in [0.4, 0.5) is 5.82 Å². The minimum Gasteiger partial charge on any atom is -0.475 e. The summed E-state index contributed by atoms with van der Waals surface area (Å²) >= 11 is 0. The van der Waals surface area contributed by atoms with Crippen molar-refractivity contribution in [1.82, 2.24) is 9.97 Å². The zero-order valence-corrected chi connectivity index (χ0v) is 10.4. The molecule has 0 aliphatic rings. The van der Waals surface area contributed by atoms with Crippen molar-refractivity contribution in [3.8, 4) is 5.88 Å². The number of nitrogen functional groups attached to an aromatic ring is 1. The summed E-state index contributed by atoms with van der Waals surface area (Å²) < 4.78 is 5.63. The van der Waals surface area contributed by atoms with Gasteiger partial charge in [0.15, 0.2) is 0 Å². The van der Waals surface area contributed by atoms with Gasteiger partial charge in [0.1, 0.15) is 11.6 Å². The molecule has 0 saturated heterocycles. The van der Waals surface area contributed by atoms with Gasteiger partial charge in [-0.05, 0) is 27.2 Å². The minimum absolute atomic E-state index is 0.0914. The van der Waals surface area contributed by atoms with Crippen LogP contribution in [0.1, 0.15) is 38.6 Å². The fourth-order valence-electron chi connectivity index (χ4n) is 1.35. The number of anilines is 1. The summed E-state index contributed by atoms with van der Waals surface area (Å²) in [7, 11) is 0. The van der Waals surface area contributed by atoms with Crippen LogP contribution in [0.5, 0.6) is 5.88 Å². The van der Waals surface area contributed by atoms with Crippen LogP contribution in [0.3, 0.4) is 0 Å². The third-order valence-corrected chi connectivity index (χ3v) is 2.11. The van der Waals surface area contributed by atoms with E-state index in [-0.39, 0.29) is 6.10 Å². The molecule has 16 heavy (non-hydrogen) atoms. The SMILES string of the molecule is CCCc1nc(NN)c(C)c(OC(C)C)n1. The van der Waals surface area contributed by atoms with Gasteiger partial charge in [0.05, 0.1) is 11.7 Å². The summed E-state index contributed by atoms with van der Waals surface area (Å²) in [5.74, 6) is 7.43. The molecule has 5 nitrogen and oxygen atoms in total. The lowest BCUT2D eigenvalue weighted by Crippen LogP contribution is -2.15. The highest BCUT2D eigenvalue weighted by atomic mass is 16.5. The highest BCUT2D eigenvalue weighted by Gasteiger charge is 2.12. The van der Waals surface area contributed by atoms with Crippen LogP contribution >= 0.6 is 0 Å². The predicted molar refractivity (Wildman–Crippen MR) is 64.3 cm³/mol. The van der Waals surface area contributed by atoms with Gasteiger partial charge in [-0.2, -0.15) is 4.98 Å². The van der Waals surface area contributed by atoms with E-state index in [1.807, 2.05) is 20.8 Å². The Kier molecular flexibility index (Phi) is 4.49. The van der Waals surface area contributed by atoms with Crippen LogP contribution in [0, 0.1) is 6.92 Å². The van der Waals surface area contributed by atoms with Crippen molar-refractivity contribution < 1.29 is 4.74 Å². The van der Waals surface area contributed by atoms with Crippen LogP contribution in [-0.2, 0) is 6.42 Å². The molecule has 0 fully saturated rings. The zero-order chi connectivity index (χ0) is 12.1. The lowest BCUT2D eigenvalue weighted by Gasteiger charge is -2.14. The van der Waals surface area contributed by atoms with Crippen LogP contribution < -0.4 is 16.0 Å². The first kappa shape index (κ1) is 12.7. The molecule has 0 atom stereocenters. The van der Waals surface area contributed by atoms with Crippen molar-refractivity contribution in [3.05, 3.63) is 11.4 Å². The number of hydrogen-bond donors (Lipinski definition) is 2. The van der Waals surface area contributed by atoms with Crippen LogP contribution in [-0.4, -0.2) is 16.1 Å². The van der Waals surface area contributed by atoms with E-state index in [2.05, 4.69) is 22.3 Å². The Bertz CT molecular complexity index is 352. The van der Waals surface area contributed by atoms with Gasteiger partial charge in [0, 0.05) is 6.42 Å². The normalized spacial score (nSPS) is 10.6. The fourth-order valence-corrected chi connectivity index (χ4v) is 1.35. The molecule has 0 amide bonds. The molecule has 0 bridgehead atoms. The van der Waals surface area contributed by atoms with Crippen LogP contribution in [0.15, 0.2) is 0 Å². The molecule has 0 aliphatic heterocycles. The van der Waals surface area contributed by atoms with Gasteiger partial charge in [-0.1, -0.05) is 6.92 Å². The Morgan fingerprint density at radius 1 is 1.38 bits per heavy atom. The third kappa shape index (κ3) is 3.06. The number of nitrogens with zero attached hydrogens (tertiary/aromatic N) is 2. The van der Waals surface area contributed by atoms with E-state index in [9.17, 15) is 0 Å². The van der Waals surface area contributed by atoms with Crippen molar-refractivity contribution >= 4 is 5.82 Å². The molecule has 5 heteroatoms. The average Bonchev–Trinajstić information content (AvgIpc) is 2.22. The topological polar surface area (TPSA) is 73.1 Å². The van der Waals surface area contributed by atoms with Gasteiger partial charge < -0.3 is 10.2 Å². The smallest absolute Gasteiger partial charge is 0.222 e. The second-order valence-electron chi connectivity index (χ2n) is 3.98. The second-order valence-corrected chi connectivity index (χ2v) is 3.98. The Morgan fingerprint density at radius 2 is 2.06 bits per heavy atom. The van der Waals surface area contributed by atoms with E-state index in [0.717, 1.165) is 24.2 Å². The molecule has 0 spiro atoms. The zero-order valence-electron chi connectivity index (χ0n) is 10.4. The molecule has 1 aromatic rings. The van der Waals surface area contributed by atoms with Gasteiger partial charge in [0.2, 0.25) is 5.88 Å². The molecule has 1 aromatic heterocycles. The summed E-state index contributed by atoms with van der Waals surface area (Å²) in [6.07, 6.45) is 1.91. The lowest BCUT2D eigenvalue weighted by atomic mass is 10.3. The van der Waals surface area contributed by atoms with E-state index in [0.29, 0.717) is 11.7 Å². The summed E-state index contributed by atoms with van der Waals surface area (Å²) in [4.78, 5) is 8.70. The molecule has 0 saturated carbocycles. The van der Waals surface area contributed by atoms with E-state index in [1.165, 1.54) is 0 Å². The molecular formula is C11H20N4O. The van der Waals surface area contributed by atoms with Gasteiger partial charge in [-0.15, -0.1) is 0 Å². The fraction of sp³-hybridized carbons (Fsp3) is 0.636. The Hall–Kier alpha value is -1.36. The standard InChI is InChI=1S/C11H20N4O/c1-5-6-9-13-10(15-12)8(4)11(14-9)16-7(2)3/h7H,5-6,12H2,1-4H3,(H,13,14,15). The van der Waals surface area contributed by atoms with Gasteiger partial charge in [-0.3, -0.25) is 0 Å². The molecule has 90 valence electrons. The highest BCUT2D eigenvalue weighted by molar-refractivity contribution is 5.47. The van der Waals surface area contributed by atoms with Crippen molar-refractivity contribution in [1.29, 1.82) is 0 Å². The van der Waals surface area contributed by atoms with E-state index in [1.54, 1.807) is 0 Å². The Labute approximate surface area is 96.4 Å². The number of aryl methyl sites for hydroxylation is 1. The van der Waals surface area contributed by atoms with Crippen molar-refractivity contribution in [3.63, 3.8) is 0 Å². The van der Waals surface area contributed by atoms with Crippen molar-refractivity contribution in [2.75, 3.05) is 5.43 Å². The molecule has 1 rings (SSSR count). The second kappa shape index (κ2) is 5.65. The monoisotopic (exact) mass is 224 g/mol. The maximum Gasteiger partial charge on any atom is 0.222 e. The molecule has 0 radical (unpaired) electrons. The molecular weight excluding hydrogens is 204 g/mol. The quantitative estimate of drug-likeness (QED) is 0.589.